The molecule has 0 bridgehead atoms. The van der Waals surface area contributed by atoms with Crippen molar-refractivity contribution in [2.45, 2.75) is 22.2 Å². The Balaban J connectivity index is 2.11. The lowest BCUT2D eigenvalue weighted by atomic mass is 9.73. The summed E-state index contributed by atoms with van der Waals surface area (Å²) in [6.45, 7) is 1.79. The van der Waals surface area contributed by atoms with Crippen molar-refractivity contribution < 1.29 is 17.9 Å². The SMILES string of the molecule is COC1(c2c[nH]c3ccccc23)C(C)=CC=CC1(C=O)S(=O)(=O)c1ccccc1. The van der Waals surface area contributed by atoms with Gasteiger partial charge in [0.1, 0.15) is 11.9 Å². The fraction of sp³-hybridized carbons (Fsp3) is 0.174. The van der Waals surface area contributed by atoms with E-state index in [1.807, 2.05) is 24.3 Å². The number of carbonyl (C=O) groups excluding carboxylic acids is 1. The Kier molecular flexibility index (Phi) is 4.56. The largest absolute Gasteiger partial charge is 0.367 e. The van der Waals surface area contributed by atoms with Crippen LogP contribution in [0.25, 0.3) is 10.9 Å². The molecule has 0 amide bonds. The lowest BCUT2D eigenvalue weighted by Gasteiger charge is -2.46. The van der Waals surface area contributed by atoms with Crippen molar-refractivity contribution in [3.8, 4) is 0 Å². The van der Waals surface area contributed by atoms with Gasteiger partial charge in [-0.3, -0.25) is 0 Å². The van der Waals surface area contributed by atoms with Crippen molar-refractivity contribution in [3.63, 3.8) is 0 Å². The monoisotopic (exact) mass is 407 g/mol. The molecule has 2 unspecified atom stereocenters. The summed E-state index contributed by atoms with van der Waals surface area (Å²) in [5.41, 5.74) is 0.523. The molecule has 2 atom stereocenters. The summed E-state index contributed by atoms with van der Waals surface area (Å²) < 4.78 is 31.8. The molecule has 1 heterocycles. The summed E-state index contributed by atoms with van der Waals surface area (Å²) in [6, 6.07) is 15.6. The summed E-state index contributed by atoms with van der Waals surface area (Å²) >= 11 is 0. The molecule has 2 aromatic carbocycles. The van der Waals surface area contributed by atoms with Crippen molar-refractivity contribution in [1.29, 1.82) is 0 Å². The number of sulfone groups is 1. The highest BCUT2D eigenvalue weighted by molar-refractivity contribution is 7.93. The molecule has 1 aliphatic carbocycles. The summed E-state index contributed by atoms with van der Waals surface area (Å²) in [4.78, 5) is 15.9. The molecule has 148 valence electrons. The molecule has 5 nitrogen and oxygen atoms in total. The molecule has 4 rings (SSSR count). The number of aromatic amines is 1. The van der Waals surface area contributed by atoms with Gasteiger partial charge in [-0.05, 0) is 30.7 Å². The number of rotatable bonds is 5. The number of ether oxygens (including phenoxy) is 1. The van der Waals surface area contributed by atoms with Gasteiger partial charge in [0.15, 0.2) is 14.6 Å². The molecule has 3 aromatic rings. The van der Waals surface area contributed by atoms with Gasteiger partial charge < -0.3 is 14.5 Å². The number of H-pyrrole nitrogens is 1. The van der Waals surface area contributed by atoms with Crippen LogP contribution < -0.4 is 0 Å². The van der Waals surface area contributed by atoms with Crippen LogP contribution in [0.5, 0.6) is 0 Å². The molecule has 1 aliphatic rings. The number of allylic oxidation sites excluding steroid dienone is 2. The van der Waals surface area contributed by atoms with E-state index in [1.165, 1.54) is 25.3 Å². The molecule has 0 spiro atoms. The number of methoxy groups -OCH3 is 1. The Labute approximate surface area is 169 Å². The standard InChI is InChI=1S/C23H21NO4S/c1-17-9-8-14-22(16-25,29(26,27)18-10-4-3-5-11-18)23(17,28-2)20-15-24-21-13-7-6-12-19(20)21/h3-16,24H,1-2H3. The molecule has 1 N–H and O–H groups in total. The van der Waals surface area contributed by atoms with Gasteiger partial charge in [-0.2, -0.15) is 0 Å². The third-order valence-corrected chi connectivity index (χ3v) is 8.05. The number of carbonyl (C=O) groups is 1. The second-order valence-corrected chi connectivity index (χ2v) is 9.22. The smallest absolute Gasteiger partial charge is 0.198 e. The first kappa shape index (κ1) is 19.4. The van der Waals surface area contributed by atoms with Crippen molar-refractivity contribution in [1.82, 2.24) is 4.98 Å². The minimum Gasteiger partial charge on any atom is -0.367 e. The van der Waals surface area contributed by atoms with E-state index in [0.717, 1.165) is 10.9 Å². The summed E-state index contributed by atoms with van der Waals surface area (Å²) in [5.74, 6) is 0. The van der Waals surface area contributed by atoms with Crippen LogP contribution >= 0.6 is 0 Å². The Morgan fingerprint density at radius 3 is 2.41 bits per heavy atom. The number of para-hydroxylation sites is 1. The minimum absolute atomic E-state index is 0.0627. The predicted molar refractivity (Wildman–Crippen MR) is 112 cm³/mol. The molecular formula is C23H21NO4S. The molecule has 0 radical (unpaired) electrons. The van der Waals surface area contributed by atoms with E-state index in [4.69, 9.17) is 4.74 Å². The predicted octanol–water partition coefficient (Wildman–Crippen LogP) is 3.94. The number of nitrogens with one attached hydrogen (secondary N) is 1. The van der Waals surface area contributed by atoms with Crippen molar-refractivity contribution in [3.05, 3.63) is 90.2 Å². The van der Waals surface area contributed by atoms with Crippen LogP contribution in [0.1, 0.15) is 12.5 Å². The maximum Gasteiger partial charge on any atom is 0.198 e. The summed E-state index contributed by atoms with van der Waals surface area (Å²) in [5, 5.41) is 0.798. The molecule has 1 aromatic heterocycles. The molecule has 0 saturated carbocycles. The number of aromatic nitrogens is 1. The highest BCUT2D eigenvalue weighted by Gasteiger charge is 2.63. The third kappa shape index (κ3) is 2.42. The fourth-order valence-electron chi connectivity index (χ4n) is 4.35. The van der Waals surface area contributed by atoms with Gasteiger partial charge in [0, 0.05) is 29.8 Å². The van der Waals surface area contributed by atoms with Gasteiger partial charge >= 0.3 is 0 Å². The van der Waals surface area contributed by atoms with Crippen LogP contribution in [0.15, 0.2) is 89.5 Å². The Morgan fingerprint density at radius 1 is 1.03 bits per heavy atom. The van der Waals surface area contributed by atoms with Crippen LogP contribution in [0.4, 0.5) is 0 Å². The zero-order valence-corrected chi connectivity index (χ0v) is 16.9. The van der Waals surface area contributed by atoms with E-state index in [1.54, 1.807) is 43.5 Å². The van der Waals surface area contributed by atoms with E-state index >= 15 is 0 Å². The second kappa shape index (κ2) is 6.83. The van der Waals surface area contributed by atoms with Gasteiger partial charge in [0.05, 0.1) is 4.90 Å². The topological polar surface area (TPSA) is 76.2 Å². The lowest BCUT2D eigenvalue weighted by Crippen LogP contribution is -2.59. The Morgan fingerprint density at radius 2 is 1.72 bits per heavy atom. The van der Waals surface area contributed by atoms with E-state index in [-0.39, 0.29) is 4.90 Å². The highest BCUT2D eigenvalue weighted by Crippen LogP contribution is 2.52. The van der Waals surface area contributed by atoms with Crippen LogP contribution in [0, 0.1) is 0 Å². The normalized spacial score (nSPS) is 24.4. The van der Waals surface area contributed by atoms with Gasteiger partial charge in [0.2, 0.25) is 0 Å². The molecule has 29 heavy (non-hydrogen) atoms. The fourth-order valence-corrected chi connectivity index (χ4v) is 6.38. The van der Waals surface area contributed by atoms with E-state index < -0.39 is 20.2 Å². The minimum atomic E-state index is -4.16. The van der Waals surface area contributed by atoms with E-state index in [0.29, 0.717) is 17.4 Å². The first-order valence-corrected chi connectivity index (χ1v) is 10.7. The second-order valence-electron chi connectivity index (χ2n) is 7.07. The average molecular weight is 407 g/mol. The lowest BCUT2D eigenvalue weighted by molar-refractivity contribution is -0.115. The number of benzene rings is 2. The Hall–Kier alpha value is -2.96. The first-order valence-electron chi connectivity index (χ1n) is 9.19. The van der Waals surface area contributed by atoms with Gasteiger partial charge in [-0.1, -0.05) is 54.6 Å². The molecule has 0 saturated heterocycles. The molecular weight excluding hydrogens is 386 g/mol. The van der Waals surface area contributed by atoms with Crippen molar-refractivity contribution in [2.24, 2.45) is 0 Å². The zero-order chi connectivity index (χ0) is 20.7. The molecule has 6 heteroatoms. The maximum absolute atomic E-state index is 13.9. The van der Waals surface area contributed by atoms with Gasteiger partial charge in [-0.15, -0.1) is 0 Å². The zero-order valence-electron chi connectivity index (χ0n) is 16.1. The van der Waals surface area contributed by atoms with Crippen molar-refractivity contribution in [2.75, 3.05) is 7.11 Å². The van der Waals surface area contributed by atoms with Crippen LogP contribution in [0.3, 0.4) is 0 Å². The molecule has 0 fully saturated rings. The van der Waals surface area contributed by atoms with E-state index in [2.05, 4.69) is 4.98 Å². The van der Waals surface area contributed by atoms with Crippen LogP contribution in [0.2, 0.25) is 0 Å². The van der Waals surface area contributed by atoms with Crippen molar-refractivity contribution >= 4 is 27.0 Å². The van der Waals surface area contributed by atoms with E-state index in [9.17, 15) is 13.2 Å². The number of hydrogen-bond acceptors (Lipinski definition) is 4. The number of fused-ring (bicyclic) bond motifs is 1. The maximum atomic E-state index is 13.9. The van der Waals surface area contributed by atoms with Gasteiger partial charge in [0.25, 0.3) is 0 Å². The van der Waals surface area contributed by atoms with Crippen LogP contribution in [-0.2, 0) is 25.0 Å². The summed E-state index contributed by atoms with van der Waals surface area (Å²) in [7, 11) is -2.71. The first-order chi connectivity index (χ1) is 13.9. The van der Waals surface area contributed by atoms with Crippen LogP contribution in [-0.4, -0.2) is 31.5 Å². The number of hydrogen-bond donors (Lipinski definition) is 1. The highest BCUT2D eigenvalue weighted by atomic mass is 32.2. The molecule has 0 aliphatic heterocycles. The van der Waals surface area contributed by atoms with Gasteiger partial charge in [-0.25, -0.2) is 8.42 Å². The quantitative estimate of drug-likeness (QED) is 0.650. The Bertz CT molecular complexity index is 1240. The third-order valence-electron chi connectivity index (χ3n) is 5.74. The number of aldehydes is 1. The average Bonchev–Trinajstić information content (AvgIpc) is 3.18. The summed E-state index contributed by atoms with van der Waals surface area (Å²) in [6.07, 6.45) is 7.04.